The summed E-state index contributed by atoms with van der Waals surface area (Å²) in [6, 6.07) is -3.11. The zero-order chi connectivity index (χ0) is 37.9. The zero-order valence-corrected chi connectivity index (χ0v) is 27.4. The fraction of sp³-hybridized carbons (Fsp3) is 0.929. The molecule has 0 bridgehead atoms. The molecule has 4 saturated heterocycles. The van der Waals surface area contributed by atoms with Gasteiger partial charge in [0, 0.05) is 13.8 Å². The molecule has 0 aromatic heterocycles. The van der Waals surface area contributed by atoms with Gasteiger partial charge >= 0.3 is 0 Å². The van der Waals surface area contributed by atoms with Gasteiger partial charge in [-0.3, -0.25) is 9.59 Å². The highest BCUT2D eigenvalue weighted by molar-refractivity contribution is 5.73. The van der Waals surface area contributed by atoms with Gasteiger partial charge in [-0.25, -0.2) is 0 Å². The number of rotatable bonds is 12. The van der Waals surface area contributed by atoms with Crippen molar-refractivity contribution in [2.45, 2.75) is 137 Å². The molecule has 4 rings (SSSR count). The Morgan fingerprint density at radius 3 is 1.33 bits per heavy atom. The third kappa shape index (κ3) is 9.11. The van der Waals surface area contributed by atoms with E-state index in [2.05, 4.69) is 10.6 Å². The molecule has 296 valence electrons. The maximum atomic E-state index is 12.3. The molecule has 0 aliphatic carbocycles. The third-order valence-corrected chi connectivity index (χ3v) is 9.01. The van der Waals surface area contributed by atoms with Gasteiger partial charge in [-0.15, -0.1) is 0 Å². The lowest BCUT2D eigenvalue weighted by Gasteiger charge is -2.50. The van der Waals surface area contributed by atoms with Crippen LogP contribution in [0.1, 0.15) is 13.8 Å². The Hall–Kier alpha value is -1.82. The number of carbonyl (C=O) groups excluding carboxylic acids is 2. The molecule has 0 spiro atoms. The van der Waals surface area contributed by atoms with Crippen molar-refractivity contribution >= 4 is 11.8 Å². The maximum Gasteiger partial charge on any atom is 0.217 e. The first-order valence-electron chi connectivity index (χ1n) is 16.1. The average Bonchev–Trinajstić information content (AvgIpc) is 3.08. The topological polar surface area (TPSA) is 366 Å². The summed E-state index contributed by atoms with van der Waals surface area (Å²) < 4.78 is 39.2. The van der Waals surface area contributed by atoms with E-state index in [0.29, 0.717) is 0 Å². The Bertz CT molecular complexity index is 1140. The van der Waals surface area contributed by atoms with E-state index < -0.39 is 161 Å². The van der Waals surface area contributed by atoms with E-state index in [-0.39, 0.29) is 0 Å². The SMILES string of the molecule is CC(=O)N[C@@H]1[C@@H](O[C@@H]2O[C@H](CO)[C@H](O)[C@H](O[C@@H]3O[C@H](CO)[C@@H](O)[C@H](O[C@@H]4O[C@H](CO)[C@H](O)[C@H](O)[C@H]4O)[C@H]3NC(C)=O)[C@H]2O)[C@H](O)[C@@H](CO)O[C@H]1O. The molecule has 0 radical (unpaired) electrons. The Kier molecular flexibility index (Phi) is 14.8. The van der Waals surface area contributed by atoms with Crippen molar-refractivity contribution in [1.29, 1.82) is 0 Å². The second kappa shape index (κ2) is 18.0. The minimum absolute atomic E-state index is 0.694. The van der Waals surface area contributed by atoms with Gasteiger partial charge in [-0.05, 0) is 0 Å². The lowest BCUT2D eigenvalue weighted by Crippen LogP contribution is -2.70. The monoisotopic (exact) mass is 748 g/mol. The number of carbonyl (C=O) groups is 2. The van der Waals surface area contributed by atoms with Crippen LogP contribution in [0, 0.1) is 0 Å². The number of nitrogens with one attached hydrogen (secondary N) is 2. The predicted octanol–water partition coefficient (Wildman–Crippen LogP) is -9.46. The molecule has 0 aromatic rings. The summed E-state index contributed by atoms with van der Waals surface area (Å²) in [4.78, 5) is 24.2. The number of amides is 2. The van der Waals surface area contributed by atoms with E-state index in [4.69, 9.17) is 33.2 Å². The fourth-order valence-corrected chi connectivity index (χ4v) is 6.34. The highest BCUT2D eigenvalue weighted by Crippen LogP contribution is 2.34. The van der Waals surface area contributed by atoms with Crippen LogP contribution in [0.15, 0.2) is 0 Å². The smallest absolute Gasteiger partial charge is 0.217 e. The molecule has 4 fully saturated rings. The Morgan fingerprint density at radius 1 is 0.471 bits per heavy atom. The third-order valence-electron chi connectivity index (χ3n) is 9.01. The van der Waals surface area contributed by atoms with Crippen molar-refractivity contribution in [2.75, 3.05) is 26.4 Å². The summed E-state index contributed by atoms with van der Waals surface area (Å²) in [7, 11) is 0. The van der Waals surface area contributed by atoms with Crippen molar-refractivity contribution in [3.05, 3.63) is 0 Å². The molecule has 20 atom stereocenters. The number of ether oxygens (including phenoxy) is 7. The summed E-state index contributed by atoms with van der Waals surface area (Å²) in [5.74, 6) is -1.47. The number of hydrogen-bond donors (Lipinski definition) is 14. The second-order valence-electron chi connectivity index (χ2n) is 12.6. The Balaban J connectivity index is 1.63. The molecule has 23 nitrogen and oxygen atoms in total. The maximum absolute atomic E-state index is 12.3. The summed E-state index contributed by atoms with van der Waals surface area (Å²) in [6.07, 6.45) is -31.9. The van der Waals surface area contributed by atoms with Crippen LogP contribution in [-0.4, -0.2) is 222 Å². The predicted molar refractivity (Wildman–Crippen MR) is 157 cm³/mol. The molecular formula is C28H48N2O21. The van der Waals surface area contributed by atoms with E-state index in [0.717, 1.165) is 13.8 Å². The van der Waals surface area contributed by atoms with Gasteiger partial charge in [0.15, 0.2) is 25.2 Å². The van der Waals surface area contributed by atoms with Crippen LogP contribution in [0.25, 0.3) is 0 Å². The van der Waals surface area contributed by atoms with Gasteiger partial charge < -0.3 is 105 Å². The van der Waals surface area contributed by atoms with Gasteiger partial charge in [0.25, 0.3) is 0 Å². The van der Waals surface area contributed by atoms with Crippen molar-refractivity contribution in [3.63, 3.8) is 0 Å². The van der Waals surface area contributed by atoms with Crippen LogP contribution >= 0.6 is 0 Å². The normalized spacial score (nSPS) is 47.8. The van der Waals surface area contributed by atoms with Crippen LogP contribution < -0.4 is 10.6 Å². The average molecular weight is 749 g/mol. The van der Waals surface area contributed by atoms with E-state index in [1.54, 1.807) is 0 Å². The molecule has 4 heterocycles. The van der Waals surface area contributed by atoms with Crippen molar-refractivity contribution in [2.24, 2.45) is 0 Å². The Labute approximate surface area is 289 Å². The molecule has 0 aromatic carbocycles. The molecular weight excluding hydrogens is 700 g/mol. The minimum atomic E-state index is -2.06. The van der Waals surface area contributed by atoms with Crippen LogP contribution in [0.2, 0.25) is 0 Å². The van der Waals surface area contributed by atoms with Crippen molar-refractivity contribution in [1.82, 2.24) is 10.6 Å². The first-order chi connectivity index (χ1) is 24.1. The highest BCUT2D eigenvalue weighted by Gasteiger charge is 2.56. The number of aliphatic hydroxyl groups is 12. The second-order valence-corrected chi connectivity index (χ2v) is 12.6. The van der Waals surface area contributed by atoms with Gasteiger partial charge in [-0.1, -0.05) is 0 Å². The highest BCUT2D eigenvalue weighted by atomic mass is 16.8. The molecule has 0 saturated carbocycles. The van der Waals surface area contributed by atoms with Gasteiger partial charge in [0.2, 0.25) is 11.8 Å². The zero-order valence-electron chi connectivity index (χ0n) is 27.4. The standard InChI is InChI=1S/C28H48N2O21/c1-7(35)29-13-22(16(38)10(4-32)45-25(13)44)49-28-21(43)24(18(40)12(6-34)48-28)51-26-14(30-8(2)36)23(17(39)11(5-33)46-26)50-27-20(42)19(41)15(37)9(3-31)47-27/h9-28,31-34,37-44H,3-6H2,1-2H3,(H,29,35)(H,30,36)/t9-,10-,11-,12-,13-,14-,15+,16-,17-,18+,19+,20-,21-,22-,23-,24+,25-,26+,27+,28+/m1/s1. The van der Waals surface area contributed by atoms with Crippen molar-refractivity contribution < 1.29 is 104 Å². The first-order valence-corrected chi connectivity index (χ1v) is 16.1. The summed E-state index contributed by atoms with van der Waals surface area (Å²) in [6.45, 7) is -1.32. The van der Waals surface area contributed by atoms with E-state index in [1.807, 2.05) is 0 Å². The molecule has 4 aliphatic rings. The van der Waals surface area contributed by atoms with Gasteiger partial charge in [0.1, 0.15) is 97.5 Å². The Morgan fingerprint density at radius 2 is 0.843 bits per heavy atom. The summed E-state index contributed by atoms with van der Waals surface area (Å²) in [5.41, 5.74) is 0. The van der Waals surface area contributed by atoms with E-state index in [1.165, 1.54) is 0 Å². The molecule has 51 heavy (non-hydrogen) atoms. The molecule has 14 N–H and O–H groups in total. The quantitative estimate of drug-likeness (QED) is 0.0881. The fourth-order valence-electron chi connectivity index (χ4n) is 6.34. The number of hydrogen-bond acceptors (Lipinski definition) is 21. The lowest BCUT2D eigenvalue weighted by atomic mass is 9.94. The lowest BCUT2D eigenvalue weighted by molar-refractivity contribution is -0.375. The summed E-state index contributed by atoms with van der Waals surface area (Å²) in [5, 5.41) is 130. The molecule has 4 aliphatic heterocycles. The van der Waals surface area contributed by atoms with Crippen LogP contribution in [0.3, 0.4) is 0 Å². The van der Waals surface area contributed by atoms with Gasteiger partial charge in [0.05, 0.1) is 26.4 Å². The molecule has 23 heteroatoms. The number of aliphatic hydroxyl groups excluding tert-OH is 12. The van der Waals surface area contributed by atoms with Crippen LogP contribution in [0.5, 0.6) is 0 Å². The first kappa shape index (κ1) is 41.9. The van der Waals surface area contributed by atoms with Crippen LogP contribution in [-0.2, 0) is 42.7 Å². The van der Waals surface area contributed by atoms with Crippen molar-refractivity contribution in [3.8, 4) is 0 Å². The molecule has 2 amide bonds. The minimum Gasteiger partial charge on any atom is -0.394 e. The van der Waals surface area contributed by atoms with E-state index >= 15 is 0 Å². The largest absolute Gasteiger partial charge is 0.394 e. The summed E-state index contributed by atoms with van der Waals surface area (Å²) >= 11 is 0. The molecule has 0 unspecified atom stereocenters. The van der Waals surface area contributed by atoms with E-state index in [9.17, 15) is 70.9 Å². The van der Waals surface area contributed by atoms with Gasteiger partial charge in [-0.2, -0.15) is 0 Å². The van der Waals surface area contributed by atoms with Crippen LogP contribution in [0.4, 0.5) is 0 Å².